The Morgan fingerprint density at radius 3 is 2.65 bits per heavy atom. The number of carboxylic acid groups (broad SMARTS) is 1. The fraction of sp³-hybridized carbons (Fsp3) is 0.846. The van der Waals surface area contributed by atoms with E-state index in [0.29, 0.717) is 5.25 Å². The maximum absolute atomic E-state index is 12.3. The zero-order chi connectivity index (χ0) is 14.7. The minimum absolute atomic E-state index is 0.0958. The SMILES string of the molecule is CSC1CCCCC1NC(=O)N1C[C@H](O)C[C@H]1C(=O)O. The molecule has 20 heavy (non-hydrogen) atoms. The zero-order valence-corrected chi connectivity index (χ0v) is 12.4. The summed E-state index contributed by atoms with van der Waals surface area (Å²) in [6, 6.07) is -1.18. The molecule has 0 aromatic carbocycles. The molecule has 2 aliphatic rings. The first-order valence-corrected chi connectivity index (χ1v) is 8.32. The lowest BCUT2D eigenvalue weighted by atomic mass is 9.95. The van der Waals surface area contributed by atoms with E-state index in [2.05, 4.69) is 5.32 Å². The van der Waals surface area contributed by atoms with Crippen LogP contribution in [-0.2, 0) is 4.79 Å². The summed E-state index contributed by atoms with van der Waals surface area (Å²) in [5.41, 5.74) is 0. The Labute approximate surface area is 122 Å². The average molecular weight is 302 g/mol. The highest BCUT2D eigenvalue weighted by molar-refractivity contribution is 7.99. The highest BCUT2D eigenvalue weighted by Gasteiger charge is 2.40. The minimum Gasteiger partial charge on any atom is -0.480 e. The number of thioether (sulfide) groups is 1. The molecule has 2 unspecified atom stereocenters. The summed E-state index contributed by atoms with van der Waals surface area (Å²) >= 11 is 1.75. The summed E-state index contributed by atoms with van der Waals surface area (Å²) in [4.78, 5) is 24.7. The van der Waals surface area contributed by atoms with Crippen molar-refractivity contribution in [2.75, 3.05) is 12.8 Å². The number of aliphatic hydroxyl groups excluding tert-OH is 1. The van der Waals surface area contributed by atoms with Crippen LogP contribution in [0.15, 0.2) is 0 Å². The van der Waals surface area contributed by atoms with Crippen molar-refractivity contribution in [1.82, 2.24) is 10.2 Å². The molecule has 1 aliphatic carbocycles. The van der Waals surface area contributed by atoms with E-state index in [1.54, 1.807) is 11.8 Å². The molecule has 4 atom stereocenters. The number of rotatable bonds is 3. The molecule has 1 aliphatic heterocycles. The summed E-state index contributed by atoms with van der Waals surface area (Å²) in [5.74, 6) is -1.05. The number of hydrogen-bond acceptors (Lipinski definition) is 4. The van der Waals surface area contributed by atoms with E-state index >= 15 is 0 Å². The standard InChI is InChI=1S/C13H22N2O4S/c1-20-11-5-3-2-4-9(11)14-13(19)15-7-8(16)6-10(15)12(17)18/h8-11,16H,2-7H2,1H3,(H,14,19)(H,17,18)/t8-,9?,10+,11?/m1/s1. The molecule has 1 saturated heterocycles. The summed E-state index contributed by atoms with van der Waals surface area (Å²) in [6.45, 7) is 0.0967. The van der Waals surface area contributed by atoms with E-state index in [4.69, 9.17) is 5.11 Å². The predicted molar refractivity (Wildman–Crippen MR) is 76.8 cm³/mol. The molecule has 0 aromatic rings. The third kappa shape index (κ3) is 3.38. The van der Waals surface area contributed by atoms with Crippen molar-refractivity contribution in [2.45, 2.75) is 55.5 Å². The van der Waals surface area contributed by atoms with Gasteiger partial charge in [0, 0.05) is 24.3 Å². The minimum atomic E-state index is -1.05. The number of aliphatic hydroxyl groups is 1. The highest BCUT2D eigenvalue weighted by atomic mass is 32.2. The molecule has 6 nitrogen and oxygen atoms in total. The Kier molecular flexibility index (Phi) is 5.15. The molecular formula is C13H22N2O4S. The van der Waals surface area contributed by atoms with Gasteiger partial charge in [-0.3, -0.25) is 0 Å². The second kappa shape index (κ2) is 6.67. The predicted octanol–water partition coefficient (Wildman–Crippen LogP) is 0.890. The Hall–Kier alpha value is -0.950. The van der Waals surface area contributed by atoms with E-state index < -0.39 is 18.1 Å². The van der Waals surface area contributed by atoms with Crippen molar-refractivity contribution in [3.63, 3.8) is 0 Å². The molecule has 2 amide bonds. The molecule has 2 fully saturated rings. The second-order valence-electron chi connectivity index (χ2n) is 5.51. The number of amides is 2. The van der Waals surface area contributed by atoms with Crippen molar-refractivity contribution < 1.29 is 19.8 Å². The van der Waals surface area contributed by atoms with Gasteiger partial charge in [0.2, 0.25) is 0 Å². The van der Waals surface area contributed by atoms with Crippen LogP contribution in [0.5, 0.6) is 0 Å². The van der Waals surface area contributed by atoms with E-state index in [1.807, 2.05) is 6.26 Å². The largest absolute Gasteiger partial charge is 0.480 e. The van der Waals surface area contributed by atoms with Crippen molar-refractivity contribution in [3.05, 3.63) is 0 Å². The normalized spacial score (nSPS) is 34.0. The number of β-amino-alcohol motifs (C(OH)–C–C–N with tert-alkyl or cyclic N) is 1. The maximum atomic E-state index is 12.3. The number of urea groups is 1. The van der Waals surface area contributed by atoms with Crippen molar-refractivity contribution in [1.29, 1.82) is 0 Å². The lowest BCUT2D eigenvalue weighted by Gasteiger charge is -2.33. The van der Waals surface area contributed by atoms with Crippen molar-refractivity contribution >= 4 is 23.8 Å². The molecule has 3 N–H and O–H groups in total. The second-order valence-corrected chi connectivity index (χ2v) is 6.59. The fourth-order valence-corrected chi connectivity index (χ4v) is 3.99. The molecule has 2 rings (SSSR count). The van der Waals surface area contributed by atoms with Gasteiger partial charge in [-0.2, -0.15) is 11.8 Å². The zero-order valence-electron chi connectivity index (χ0n) is 11.6. The Bertz CT molecular complexity index is 379. The molecular weight excluding hydrogens is 280 g/mol. The molecule has 1 heterocycles. The Morgan fingerprint density at radius 1 is 1.30 bits per heavy atom. The monoisotopic (exact) mass is 302 g/mol. The molecule has 0 radical (unpaired) electrons. The maximum Gasteiger partial charge on any atom is 0.326 e. The molecule has 1 saturated carbocycles. The lowest BCUT2D eigenvalue weighted by Crippen LogP contribution is -2.52. The first-order valence-electron chi connectivity index (χ1n) is 7.03. The van der Waals surface area contributed by atoms with E-state index in [-0.39, 0.29) is 25.0 Å². The van der Waals surface area contributed by atoms with Crippen LogP contribution in [0, 0.1) is 0 Å². The lowest BCUT2D eigenvalue weighted by molar-refractivity contribution is -0.141. The number of carbonyl (C=O) groups is 2. The molecule has 0 bridgehead atoms. The molecule has 0 spiro atoms. The summed E-state index contributed by atoms with van der Waals surface area (Å²) < 4.78 is 0. The van der Waals surface area contributed by atoms with Gasteiger partial charge in [0.05, 0.1) is 6.10 Å². The van der Waals surface area contributed by atoms with Gasteiger partial charge in [0.15, 0.2) is 0 Å². The van der Waals surface area contributed by atoms with Crippen LogP contribution in [0.4, 0.5) is 4.79 Å². The van der Waals surface area contributed by atoms with Gasteiger partial charge >= 0.3 is 12.0 Å². The van der Waals surface area contributed by atoms with E-state index in [9.17, 15) is 14.7 Å². The highest BCUT2D eigenvalue weighted by Crippen LogP contribution is 2.28. The first kappa shape index (κ1) is 15.4. The van der Waals surface area contributed by atoms with Crippen LogP contribution in [0.2, 0.25) is 0 Å². The van der Waals surface area contributed by atoms with Crippen LogP contribution in [0.1, 0.15) is 32.1 Å². The topological polar surface area (TPSA) is 89.9 Å². The first-order chi connectivity index (χ1) is 9.52. The molecule has 114 valence electrons. The van der Waals surface area contributed by atoms with Gasteiger partial charge in [-0.1, -0.05) is 12.8 Å². The smallest absolute Gasteiger partial charge is 0.326 e. The van der Waals surface area contributed by atoms with Crippen molar-refractivity contribution in [3.8, 4) is 0 Å². The van der Waals surface area contributed by atoms with Gasteiger partial charge in [-0.05, 0) is 19.1 Å². The van der Waals surface area contributed by atoms with Crippen LogP contribution in [-0.4, -0.2) is 63.4 Å². The van der Waals surface area contributed by atoms with Gasteiger partial charge < -0.3 is 20.4 Å². The summed E-state index contributed by atoms with van der Waals surface area (Å²) in [5, 5.41) is 22.1. The van der Waals surface area contributed by atoms with Crippen molar-refractivity contribution in [2.24, 2.45) is 0 Å². The third-order valence-electron chi connectivity index (χ3n) is 4.14. The number of aliphatic carboxylic acids is 1. The van der Waals surface area contributed by atoms with Crippen LogP contribution >= 0.6 is 11.8 Å². The number of likely N-dealkylation sites (tertiary alicyclic amines) is 1. The average Bonchev–Trinajstić information content (AvgIpc) is 2.82. The van der Waals surface area contributed by atoms with Gasteiger partial charge in [0.25, 0.3) is 0 Å². The Morgan fingerprint density at radius 2 is 2.00 bits per heavy atom. The third-order valence-corrected chi connectivity index (χ3v) is 5.31. The van der Waals surface area contributed by atoms with Gasteiger partial charge in [-0.15, -0.1) is 0 Å². The summed E-state index contributed by atoms with van der Waals surface area (Å²) in [6.07, 6.45) is 5.69. The van der Waals surface area contributed by atoms with Crippen LogP contribution in [0.25, 0.3) is 0 Å². The molecule has 7 heteroatoms. The quantitative estimate of drug-likeness (QED) is 0.720. The van der Waals surface area contributed by atoms with Crippen LogP contribution in [0.3, 0.4) is 0 Å². The van der Waals surface area contributed by atoms with Crippen LogP contribution < -0.4 is 5.32 Å². The molecule has 0 aromatic heterocycles. The number of nitrogens with zero attached hydrogens (tertiary/aromatic N) is 1. The van der Waals surface area contributed by atoms with Gasteiger partial charge in [-0.25, -0.2) is 9.59 Å². The number of carboxylic acids is 1. The van der Waals surface area contributed by atoms with E-state index in [1.165, 1.54) is 11.3 Å². The number of hydrogen-bond donors (Lipinski definition) is 3. The van der Waals surface area contributed by atoms with E-state index in [0.717, 1.165) is 19.3 Å². The Balaban J connectivity index is 1.98. The number of nitrogens with one attached hydrogen (secondary N) is 1. The fourth-order valence-electron chi connectivity index (χ4n) is 3.06. The summed E-state index contributed by atoms with van der Waals surface area (Å²) in [7, 11) is 0. The van der Waals surface area contributed by atoms with Gasteiger partial charge in [0.1, 0.15) is 6.04 Å². The number of carbonyl (C=O) groups excluding carboxylic acids is 1.